The molecule has 0 aliphatic heterocycles. The van der Waals surface area contributed by atoms with Crippen molar-refractivity contribution in [3.8, 4) is 0 Å². The van der Waals surface area contributed by atoms with Gasteiger partial charge in [0, 0.05) is 19.3 Å². The fourth-order valence-corrected chi connectivity index (χ4v) is 1.79. The molecule has 0 bridgehead atoms. The summed E-state index contributed by atoms with van der Waals surface area (Å²) in [6.07, 6.45) is 1.56. The van der Waals surface area contributed by atoms with E-state index >= 15 is 0 Å². The molecule has 0 atom stereocenters. The van der Waals surface area contributed by atoms with Crippen LogP contribution in [0.5, 0.6) is 0 Å². The summed E-state index contributed by atoms with van der Waals surface area (Å²) < 4.78 is 0. The predicted octanol–water partition coefficient (Wildman–Crippen LogP) is 1.16. The fourth-order valence-electron chi connectivity index (χ4n) is 1.79. The van der Waals surface area contributed by atoms with Gasteiger partial charge in [-0.05, 0) is 24.6 Å². The van der Waals surface area contributed by atoms with Crippen molar-refractivity contribution in [3.63, 3.8) is 0 Å². The average molecular weight is 250 g/mol. The van der Waals surface area contributed by atoms with Crippen LogP contribution in [-0.4, -0.2) is 28.9 Å². The second kappa shape index (κ2) is 7.08. The van der Waals surface area contributed by atoms with Gasteiger partial charge in [-0.25, -0.2) is 5.84 Å². The van der Waals surface area contributed by atoms with Crippen molar-refractivity contribution in [1.29, 1.82) is 0 Å². The molecule has 3 N–H and O–H groups in total. The fraction of sp³-hybridized carbons (Fsp3) is 0.538. The number of nitrogen functional groups attached to an aromatic ring is 1. The number of nitrogens with zero attached hydrogens (tertiary/aromatic N) is 2. The smallest absolute Gasteiger partial charge is 0.266 e. The minimum Gasteiger partial charge on any atom is -0.298 e. The first-order chi connectivity index (χ1) is 8.56. The van der Waals surface area contributed by atoms with Gasteiger partial charge in [0.15, 0.2) is 0 Å². The van der Waals surface area contributed by atoms with E-state index in [1.165, 1.54) is 0 Å². The first-order valence-corrected chi connectivity index (χ1v) is 6.25. The number of rotatable bonds is 6. The summed E-state index contributed by atoms with van der Waals surface area (Å²) in [4.78, 5) is 17.9. The van der Waals surface area contributed by atoms with Crippen LogP contribution in [0.25, 0.3) is 0 Å². The molecule has 5 nitrogen and oxygen atoms in total. The maximum absolute atomic E-state index is 11.3. The Kier molecular flexibility index (Phi) is 5.74. The van der Waals surface area contributed by atoms with Gasteiger partial charge in [-0.3, -0.25) is 20.1 Å². The minimum absolute atomic E-state index is 0.316. The number of hydrogen-bond acceptors (Lipinski definition) is 4. The van der Waals surface area contributed by atoms with Crippen LogP contribution in [0.15, 0.2) is 18.3 Å². The summed E-state index contributed by atoms with van der Waals surface area (Å²) in [5.74, 6) is 5.38. The van der Waals surface area contributed by atoms with E-state index in [0.717, 1.165) is 25.3 Å². The highest BCUT2D eigenvalue weighted by molar-refractivity contribution is 5.93. The van der Waals surface area contributed by atoms with Gasteiger partial charge in [-0.1, -0.05) is 20.8 Å². The lowest BCUT2D eigenvalue weighted by Gasteiger charge is -2.21. The summed E-state index contributed by atoms with van der Waals surface area (Å²) in [7, 11) is 0. The largest absolute Gasteiger partial charge is 0.298 e. The zero-order valence-corrected chi connectivity index (χ0v) is 11.3. The quantitative estimate of drug-likeness (QED) is 0.451. The lowest BCUT2D eigenvalue weighted by Crippen LogP contribution is -2.30. The Morgan fingerprint density at radius 1 is 1.50 bits per heavy atom. The Hall–Kier alpha value is -1.46. The molecular weight excluding hydrogens is 228 g/mol. The van der Waals surface area contributed by atoms with Gasteiger partial charge in [0.25, 0.3) is 5.91 Å². The van der Waals surface area contributed by atoms with Crippen LogP contribution in [0.1, 0.15) is 36.8 Å². The van der Waals surface area contributed by atoms with Gasteiger partial charge < -0.3 is 0 Å². The second-order valence-electron chi connectivity index (χ2n) is 4.73. The molecule has 1 amide bonds. The Morgan fingerprint density at radius 3 is 2.67 bits per heavy atom. The van der Waals surface area contributed by atoms with Crippen LogP contribution in [0.2, 0.25) is 0 Å². The third kappa shape index (κ3) is 4.43. The minimum atomic E-state index is -0.316. The number of hydrogen-bond donors (Lipinski definition) is 2. The second-order valence-corrected chi connectivity index (χ2v) is 4.73. The van der Waals surface area contributed by atoms with E-state index in [-0.39, 0.29) is 5.91 Å². The molecule has 0 radical (unpaired) electrons. The number of pyridine rings is 1. The molecule has 0 spiro atoms. The molecule has 5 heteroatoms. The van der Waals surface area contributed by atoms with Crippen LogP contribution in [0.4, 0.5) is 0 Å². The van der Waals surface area contributed by atoms with Gasteiger partial charge in [0.2, 0.25) is 0 Å². The third-order valence-electron chi connectivity index (χ3n) is 2.67. The van der Waals surface area contributed by atoms with Crippen LogP contribution in [0, 0.1) is 5.92 Å². The SMILES string of the molecule is CCN(Cc1ccc(C(=O)NN)cn1)CC(C)C. The van der Waals surface area contributed by atoms with Crippen LogP contribution < -0.4 is 11.3 Å². The maximum Gasteiger partial charge on any atom is 0.266 e. The molecule has 0 unspecified atom stereocenters. The lowest BCUT2D eigenvalue weighted by atomic mass is 10.2. The molecule has 1 aromatic rings. The van der Waals surface area contributed by atoms with Gasteiger partial charge in [-0.15, -0.1) is 0 Å². The predicted molar refractivity (Wildman–Crippen MR) is 71.7 cm³/mol. The lowest BCUT2D eigenvalue weighted by molar-refractivity contribution is 0.0953. The van der Waals surface area contributed by atoms with E-state index in [4.69, 9.17) is 5.84 Å². The van der Waals surface area contributed by atoms with E-state index in [2.05, 4.69) is 36.1 Å². The molecule has 1 rings (SSSR count). The number of hydrazine groups is 1. The summed E-state index contributed by atoms with van der Waals surface area (Å²) in [6, 6.07) is 3.61. The molecular formula is C13H22N4O. The summed E-state index contributed by atoms with van der Waals surface area (Å²) in [6.45, 7) is 9.38. The van der Waals surface area contributed by atoms with Crippen molar-refractivity contribution in [2.75, 3.05) is 13.1 Å². The molecule has 1 aromatic heterocycles. The van der Waals surface area contributed by atoms with Gasteiger partial charge in [0.05, 0.1) is 11.3 Å². The van der Waals surface area contributed by atoms with Gasteiger partial charge in [0.1, 0.15) is 0 Å². The highest BCUT2D eigenvalue weighted by Gasteiger charge is 2.08. The zero-order valence-electron chi connectivity index (χ0n) is 11.3. The Bertz CT molecular complexity index is 375. The van der Waals surface area contributed by atoms with E-state index in [0.29, 0.717) is 11.5 Å². The molecule has 0 saturated carbocycles. The highest BCUT2D eigenvalue weighted by Crippen LogP contribution is 2.06. The molecule has 0 aliphatic carbocycles. The van der Waals surface area contributed by atoms with Crippen molar-refractivity contribution < 1.29 is 4.79 Å². The van der Waals surface area contributed by atoms with E-state index < -0.39 is 0 Å². The van der Waals surface area contributed by atoms with Crippen molar-refractivity contribution in [2.24, 2.45) is 11.8 Å². The molecule has 18 heavy (non-hydrogen) atoms. The van der Waals surface area contributed by atoms with E-state index in [1.807, 2.05) is 6.07 Å². The topological polar surface area (TPSA) is 71.2 Å². The van der Waals surface area contributed by atoms with E-state index in [1.54, 1.807) is 12.3 Å². The number of carbonyl (C=O) groups excluding carboxylic acids is 1. The zero-order chi connectivity index (χ0) is 13.5. The van der Waals surface area contributed by atoms with Crippen molar-refractivity contribution in [2.45, 2.75) is 27.3 Å². The van der Waals surface area contributed by atoms with E-state index in [9.17, 15) is 4.79 Å². The standard InChI is InChI=1S/C13H22N4O/c1-4-17(8-10(2)3)9-12-6-5-11(7-15-12)13(18)16-14/h5-7,10H,4,8-9,14H2,1-3H3,(H,16,18). The number of amides is 1. The summed E-state index contributed by atoms with van der Waals surface area (Å²) in [5.41, 5.74) is 3.53. The summed E-state index contributed by atoms with van der Waals surface area (Å²) >= 11 is 0. The number of nitrogens with two attached hydrogens (primary N) is 1. The summed E-state index contributed by atoms with van der Waals surface area (Å²) in [5, 5.41) is 0. The van der Waals surface area contributed by atoms with Gasteiger partial charge in [-0.2, -0.15) is 0 Å². The molecule has 1 heterocycles. The first kappa shape index (κ1) is 14.6. The first-order valence-electron chi connectivity index (χ1n) is 6.25. The van der Waals surface area contributed by atoms with Crippen LogP contribution >= 0.6 is 0 Å². The molecule has 0 aromatic carbocycles. The molecule has 0 aliphatic rings. The number of nitrogens with one attached hydrogen (secondary N) is 1. The Balaban J connectivity index is 2.64. The maximum atomic E-state index is 11.3. The monoisotopic (exact) mass is 250 g/mol. The number of carbonyl (C=O) groups is 1. The Morgan fingerprint density at radius 2 is 2.22 bits per heavy atom. The van der Waals surface area contributed by atoms with Crippen LogP contribution in [0.3, 0.4) is 0 Å². The molecule has 0 saturated heterocycles. The van der Waals surface area contributed by atoms with Gasteiger partial charge >= 0.3 is 0 Å². The average Bonchev–Trinajstić information content (AvgIpc) is 2.37. The molecule has 100 valence electrons. The normalized spacial score (nSPS) is 11.0. The third-order valence-corrected chi connectivity index (χ3v) is 2.67. The molecule has 0 fully saturated rings. The highest BCUT2D eigenvalue weighted by atomic mass is 16.2. The number of aromatic nitrogens is 1. The van der Waals surface area contributed by atoms with Crippen molar-refractivity contribution in [1.82, 2.24) is 15.3 Å². The Labute approximate surface area is 108 Å². The van der Waals surface area contributed by atoms with Crippen molar-refractivity contribution in [3.05, 3.63) is 29.6 Å². The van der Waals surface area contributed by atoms with Crippen LogP contribution in [-0.2, 0) is 6.54 Å². The van der Waals surface area contributed by atoms with Crippen molar-refractivity contribution >= 4 is 5.91 Å².